The Morgan fingerprint density at radius 2 is 1.61 bits per heavy atom. The second-order valence-electron chi connectivity index (χ2n) is 10.2. The Labute approximate surface area is 212 Å². The number of carbonyl (C=O) groups excluding carboxylic acids is 1. The molecule has 0 spiro atoms. The van der Waals surface area contributed by atoms with E-state index in [2.05, 4.69) is 65.1 Å². The topological polar surface area (TPSA) is 60.1 Å². The maximum absolute atomic E-state index is 13.4. The fraction of sp³-hybridized carbons (Fsp3) is 0.367. The van der Waals surface area contributed by atoms with Crippen LogP contribution in [-0.4, -0.2) is 38.2 Å². The Hall–Kier alpha value is -3.67. The number of aromatic nitrogens is 3. The lowest BCUT2D eigenvalue weighted by molar-refractivity contribution is -0.133. The van der Waals surface area contributed by atoms with Crippen molar-refractivity contribution < 1.29 is 4.79 Å². The second-order valence-corrected chi connectivity index (χ2v) is 10.2. The van der Waals surface area contributed by atoms with Crippen molar-refractivity contribution in [1.82, 2.24) is 19.2 Å². The molecule has 1 saturated heterocycles. The highest BCUT2D eigenvalue weighted by Gasteiger charge is 2.24. The molecule has 0 radical (unpaired) electrons. The molecule has 0 bridgehead atoms. The number of aryl methyl sites for hydroxylation is 3. The molecular weight excluding hydrogens is 448 g/mol. The van der Waals surface area contributed by atoms with Crippen molar-refractivity contribution in [3.8, 4) is 0 Å². The first-order valence-electron chi connectivity index (χ1n) is 12.8. The van der Waals surface area contributed by atoms with E-state index in [-0.39, 0.29) is 18.0 Å². The van der Waals surface area contributed by atoms with Crippen molar-refractivity contribution in [2.24, 2.45) is 5.92 Å². The molecule has 0 aliphatic carbocycles. The Balaban J connectivity index is 1.29. The maximum Gasteiger partial charge on any atom is 0.276 e. The van der Waals surface area contributed by atoms with Crippen LogP contribution in [0.2, 0.25) is 0 Å². The molecule has 0 N–H and O–H groups in total. The number of piperidine rings is 1. The highest BCUT2D eigenvalue weighted by molar-refractivity contribution is 5.87. The minimum atomic E-state index is -0.192. The van der Waals surface area contributed by atoms with Gasteiger partial charge in [0.15, 0.2) is 0 Å². The minimum Gasteiger partial charge on any atom is -0.343 e. The van der Waals surface area contributed by atoms with Crippen LogP contribution in [0.4, 0.5) is 0 Å². The quantitative estimate of drug-likeness (QED) is 0.402. The molecule has 1 fully saturated rings. The van der Waals surface area contributed by atoms with Crippen molar-refractivity contribution >= 4 is 16.7 Å². The number of hydrogen-bond donors (Lipinski definition) is 0. The highest BCUT2D eigenvalue weighted by atomic mass is 16.2. The largest absolute Gasteiger partial charge is 0.343 e. The van der Waals surface area contributed by atoms with Crippen LogP contribution in [0.15, 0.2) is 65.6 Å². The molecule has 6 nitrogen and oxygen atoms in total. The van der Waals surface area contributed by atoms with Crippen molar-refractivity contribution in [2.75, 3.05) is 13.1 Å². The molecule has 3 heterocycles. The van der Waals surface area contributed by atoms with E-state index in [0.29, 0.717) is 17.8 Å². The van der Waals surface area contributed by atoms with E-state index in [1.54, 1.807) is 6.20 Å². The average Bonchev–Trinajstić information content (AvgIpc) is 3.13. The fourth-order valence-electron chi connectivity index (χ4n) is 5.43. The number of rotatable bonds is 6. The number of carbonyl (C=O) groups is 1. The van der Waals surface area contributed by atoms with Gasteiger partial charge in [-0.1, -0.05) is 60.2 Å². The Morgan fingerprint density at radius 3 is 2.31 bits per heavy atom. The molecule has 1 aliphatic heterocycles. The molecule has 4 aromatic rings. The van der Waals surface area contributed by atoms with Gasteiger partial charge < -0.3 is 9.47 Å². The molecule has 0 unspecified atom stereocenters. The van der Waals surface area contributed by atoms with E-state index in [1.165, 1.54) is 21.4 Å². The zero-order valence-corrected chi connectivity index (χ0v) is 21.4. The normalized spacial score (nSPS) is 14.5. The molecule has 5 rings (SSSR count). The first kappa shape index (κ1) is 24.0. The third-order valence-corrected chi connectivity index (χ3v) is 7.69. The first-order chi connectivity index (χ1) is 17.4. The minimum absolute atomic E-state index is 0.0141. The number of hydrogen-bond acceptors (Lipinski definition) is 3. The summed E-state index contributed by atoms with van der Waals surface area (Å²) < 4.78 is 3.51. The van der Waals surface area contributed by atoms with Crippen LogP contribution < -0.4 is 5.56 Å². The fourth-order valence-corrected chi connectivity index (χ4v) is 5.43. The van der Waals surface area contributed by atoms with Crippen LogP contribution in [0, 0.1) is 26.7 Å². The molecule has 1 amide bonds. The van der Waals surface area contributed by atoms with Crippen LogP contribution in [0.25, 0.3) is 10.8 Å². The predicted molar refractivity (Wildman–Crippen MR) is 143 cm³/mol. The zero-order chi connectivity index (χ0) is 25.2. The van der Waals surface area contributed by atoms with Gasteiger partial charge in [-0.05, 0) is 57.1 Å². The van der Waals surface area contributed by atoms with Crippen molar-refractivity contribution in [1.29, 1.82) is 0 Å². The van der Waals surface area contributed by atoms with Gasteiger partial charge >= 0.3 is 0 Å². The van der Waals surface area contributed by atoms with Crippen LogP contribution in [0.1, 0.15) is 40.9 Å². The first-order valence-corrected chi connectivity index (χ1v) is 12.8. The number of benzene rings is 2. The van der Waals surface area contributed by atoms with Gasteiger partial charge in [0, 0.05) is 36.4 Å². The summed E-state index contributed by atoms with van der Waals surface area (Å²) in [6.07, 6.45) is 4.77. The number of likely N-dealkylation sites (tertiary alicyclic amines) is 1. The van der Waals surface area contributed by atoms with Crippen molar-refractivity contribution in [3.63, 3.8) is 0 Å². The number of amides is 1. The van der Waals surface area contributed by atoms with E-state index in [0.717, 1.165) is 49.1 Å². The van der Waals surface area contributed by atoms with Crippen LogP contribution >= 0.6 is 0 Å². The summed E-state index contributed by atoms with van der Waals surface area (Å²) in [6, 6.07) is 19.0. The predicted octanol–water partition coefficient (Wildman–Crippen LogP) is 4.65. The average molecular weight is 483 g/mol. The second kappa shape index (κ2) is 10.1. The van der Waals surface area contributed by atoms with Gasteiger partial charge in [0.25, 0.3) is 5.56 Å². The molecule has 36 heavy (non-hydrogen) atoms. The van der Waals surface area contributed by atoms with E-state index in [9.17, 15) is 9.59 Å². The van der Waals surface area contributed by atoms with Gasteiger partial charge in [0.1, 0.15) is 6.54 Å². The Bertz CT molecular complexity index is 1430. The van der Waals surface area contributed by atoms with Gasteiger partial charge in [-0.25, -0.2) is 4.68 Å². The lowest BCUT2D eigenvalue weighted by Crippen LogP contribution is -2.42. The highest BCUT2D eigenvalue weighted by Crippen LogP contribution is 2.24. The standard InChI is InChI=1S/C30H34N4O2/c1-21-9-11-26(12-10-21)19-33-22(2)27-18-31-34(30(36)29(27)23(33)3)20-28(35)32-15-13-25(14-16-32)17-24-7-5-4-6-8-24/h4-12,18,25H,13-17,19-20H2,1-3H3. The van der Waals surface area contributed by atoms with Gasteiger partial charge in [-0.3, -0.25) is 9.59 Å². The molecule has 1 aliphatic rings. The summed E-state index contributed by atoms with van der Waals surface area (Å²) >= 11 is 0. The van der Waals surface area contributed by atoms with E-state index >= 15 is 0 Å². The maximum atomic E-state index is 13.4. The van der Waals surface area contributed by atoms with Crippen molar-refractivity contribution in [2.45, 2.75) is 53.1 Å². The molecule has 0 atom stereocenters. The SMILES string of the molecule is Cc1ccc(Cn2c(C)c3cnn(CC(=O)N4CCC(Cc5ccccc5)CC4)c(=O)c3c2C)cc1. The van der Waals surface area contributed by atoms with E-state index in [4.69, 9.17) is 0 Å². The Morgan fingerprint density at radius 1 is 0.917 bits per heavy atom. The van der Waals surface area contributed by atoms with Crippen LogP contribution in [0.5, 0.6) is 0 Å². The molecular formula is C30H34N4O2. The van der Waals surface area contributed by atoms with Crippen LogP contribution in [-0.2, 0) is 24.3 Å². The summed E-state index contributed by atoms with van der Waals surface area (Å²) in [5, 5.41) is 5.90. The van der Waals surface area contributed by atoms with Gasteiger partial charge in [-0.15, -0.1) is 0 Å². The molecule has 186 valence electrons. The number of fused-ring (bicyclic) bond motifs is 1. The number of nitrogens with zero attached hydrogens (tertiary/aromatic N) is 4. The summed E-state index contributed by atoms with van der Waals surface area (Å²) in [4.78, 5) is 28.4. The van der Waals surface area contributed by atoms with E-state index < -0.39 is 0 Å². The summed E-state index contributed by atoms with van der Waals surface area (Å²) in [6.45, 7) is 8.24. The van der Waals surface area contributed by atoms with Gasteiger partial charge in [0.05, 0.1) is 11.6 Å². The van der Waals surface area contributed by atoms with Gasteiger partial charge in [-0.2, -0.15) is 5.10 Å². The van der Waals surface area contributed by atoms with Crippen LogP contribution in [0.3, 0.4) is 0 Å². The zero-order valence-electron chi connectivity index (χ0n) is 21.4. The monoisotopic (exact) mass is 482 g/mol. The lowest BCUT2D eigenvalue weighted by atomic mass is 9.90. The smallest absolute Gasteiger partial charge is 0.276 e. The summed E-state index contributed by atoms with van der Waals surface area (Å²) in [5.74, 6) is 0.558. The third-order valence-electron chi connectivity index (χ3n) is 7.69. The van der Waals surface area contributed by atoms with E-state index in [1.807, 2.05) is 24.8 Å². The third kappa shape index (κ3) is 4.85. The van der Waals surface area contributed by atoms with Gasteiger partial charge in [0.2, 0.25) is 5.91 Å². The van der Waals surface area contributed by atoms with Crippen molar-refractivity contribution in [3.05, 3.63) is 99.2 Å². The Kier molecular flexibility index (Phi) is 6.77. The molecule has 6 heteroatoms. The molecule has 2 aromatic carbocycles. The summed E-state index contributed by atoms with van der Waals surface area (Å²) in [7, 11) is 0. The summed E-state index contributed by atoms with van der Waals surface area (Å²) in [5.41, 5.74) is 5.51. The molecule has 0 saturated carbocycles. The molecule has 2 aromatic heterocycles. The lowest BCUT2D eigenvalue weighted by Gasteiger charge is -2.32.